The first-order chi connectivity index (χ1) is 10.1. The maximum atomic E-state index is 13.4. The number of carbonyl (C=O) groups excluding carboxylic acids is 2. The van der Waals surface area contributed by atoms with E-state index in [1.165, 1.54) is 24.4 Å². The lowest BCUT2D eigenvalue weighted by molar-refractivity contribution is 0.0488. The number of ether oxygens (including phenoxy) is 1. The van der Waals surface area contributed by atoms with Crippen molar-refractivity contribution in [3.05, 3.63) is 53.5 Å². The van der Waals surface area contributed by atoms with Gasteiger partial charge in [-0.25, -0.2) is 9.18 Å². The van der Waals surface area contributed by atoms with Gasteiger partial charge in [-0.15, -0.1) is 0 Å². The second kappa shape index (κ2) is 6.65. The molecule has 2 aromatic heterocycles. The quantitative estimate of drug-likeness (QED) is 0.851. The molecule has 0 saturated carbocycles. The monoisotopic (exact) mass is 292 g/mol. The minimum atomic E-state index is -0.707. The summed E-state index contributed by atoms with van der Waals surface area (Å²) in [6.45, 7) is 1.96. The van der Waals surface area contributed by atoms with Crippen LogP contribution in [0.25, 0.3) is 0 Å². The van der Waals surface area contributed by atoms with Crippen LogP contribution >= 0.6 is 0 Å². The number of halogens is 1. The molecule has 0 spiro atoms. The molecule has 0 fully saturated rings. The third-order valence-corrected chi connectivity index (χ3v) is 2.58. The van der Waals surface area contributed by atoms with E-state index in [1.807, 2.05) is 0 Å². The number of carbonyl (C=O) groups is 2. The van der Waals surface area contributed by atoms with Crippen LogP contribution < -0.4 is 5.32 Å². The molecule has 0 bridgehead atoms. The second-order valence-electron chi connectivity index (χ2n) is 4.02. The minimum Gasteiger partial charge on any atom is -0.460 e. The molecule has 1 N–H and O–H groups in total. The third kappa shape index (κ3) is 3.65. The van der Waals surface area contributed by atoms with Crippen molar-refractivity contribution < 1.29 is 23.1 Å². The molecule has 6 nitrogen and oxygen atoms in total. The lowest BCUT2D eigenvalue weighted by atomic mass is 10.2. The Labute approximate surface area is 119 Å². The van der Waals surface area contributed by atoms with Gasteiger partial charge >= 0.3 is 5.97 Å². The molecule has 0 unspecified atom stereocenters. The number of pyridine rings is 1. The molecule has 0 saturated heterocycles. The standard InChI is InChI=1S/C14H13FN2O4/c1-2-20-14(19)12-4-3-9(21-12)7-17-13(18)10-5-6-16-8-11(10)15/h3-6,8H,2,7H2,1H3,(H,17,18). The number of rotatable bonds is 5. The largest absolute Gasteiger partial charge is 0.460 e. The van der Waals surface area contributed by atoms with Gasteiger partial charge in [-0.05, 0) is 25.1 Å². The lowest BCUT2D eigenvalue weighted by Crippen LogP contribution is -2.23. The first-order valence-corrected chi connectivity index (χ1v) is 6.25. The zero-order valence-corrected chi connectivity index (χ0v) is 11.3. The van der Waals surface area contributed by atoms with E-state index in [9.17, 15) is 14.0 Å². The summed E-state index contributed by atoms with van der Waals surface area (Å²) in [6, 6.07) is 4.26. The van der Waals surface area contributed by atoms with Crippen molar-refractivity contribution in [2.24, 2.45) is 0 Å². The van der Waals surface area contributed by atoms with Crippen molar-refractivity contribution >= 4 is 11.9 Å². The molecule has 2 aromatic rings. The minimum absolute atomic E-state index is 0.0278. The summed E-state index contributed by atoms with van der Waals surface area (Å²) in [5.74, 6) is -1.46. The highest BCUT2D eigenvalue weighted by molar-refractivity contribution is 5.94. The first-order valence-electron chi connectivity index (χ1n) is 6.25. The van der Waals surface area contributed by atoms with Gasteiger partial charge in [-0.1, -0.05) is 0 Å². The van der Waals surface area contributed by atoms with Gasteiger partial charge in [0.2, 0.25) is 5.76 Å². The van der Waals surface area contributed by atoms with Crippen LogP contribution in [-0.2, 0) is 11.3 Å². The molecule has 7 heteroatoms. The molecule has 0 aromatic carbocycles. The summed E-state index contributed by atoms with van der Waals surface area (Å²) in [5, 5.41) is 2.49. The molecular weight excluding hydrogens is 279 g/mol. The van der Waals surface area contributed by atoms with Crippen molar-refractivity contribution in [2.45, 2.75) is 13.5 Å². The van der Waals surface area contributed by atoms with Crippen LogP contribution in [-0.4, -0.2) is 23.5 Å². The average molecular weight is 292 g/mol. The summed E-state index contributed by atoms with van der Waals surface area (Å²) in [4.78, 5) is 26.7. The summed E-state index contributed by atoms with van der Waals surface area (Å²) in [7, 11) is 0. The van der Waals surface area contributed by atoms with E-state index in [2.05, 4.69) is 10.3 Å². The number of esters is 1. The van der Waals surface area contributed by atoms with E-state index in [0.29, 0.717) is 5.76 Å². The molecule has 110 valence electrons. The smallest absolute Gasteiger partial charge is 0.374 e. The Kier molecular flexibility index (Phi) is 4.65. The van der Waals surface area contributed by atoms with Crippen molar-refractivity contribution in [1.29, 1.82) is 0 Å². The fourth-order valence-electron chi connectivity index (χ4n) is 1.61. The van der Waals surface area contributed by atoms with Gasteiger partial charge in [-0.2, -0.15) is 0 Å². The predicted octanol–water partition coefficient (Wildman–Crippen LogP) is 1.92. The number of nitrogens with zero attached hydrogens (tertiary/aromatic N) is 1. The second-order valence-corrected chi connectivity index (χ2v) is 4.02. The van der Waals surface area contributed by atoms with Crippen LogP contribution in [0.15, 0.2) is 35.0 Å². The Bertz CT molecular complexity index is 654. The molecule has 21 heavy (non-hydrogen) atoms. The molecular formula is C14H13FN2O4. The van der Waals surface area contributed by atoms with Crippen LogP contribution in [0.1, 0.15) is 33.6 Å². The first kappa shape index (κ1) is 14.7. The summed E-state index contributed by atoms with van der Waals surface area (Å²) >= 11 is 0. The number of amides is 1. The van der Waals surface area contributed by atoms with Gasteiger partial charge in [-0.3, -0.25) is 9.78 Å². The molecule has 0 atom stereocenters. The highest BCUT2D eigenvalue weighted by Gasteiger charge is 2.14. The number of furan rings is 1. The topological polar surface area (TPSA) is 81.4 Å². The Balaban J connectivity index is 1.96. The van der Waals surface area contributed by atoms with E-state index >= 15 is 0 Å². The average Bonchev–Trinajstić information content (AvgIpc) is 2.94. The Hall–Kier alpha value is -2.70. The van der Waals surface area contributed by atoms with Gasteiger partial charge in [0.25, 0.3) is 5.91 Å². The predicted molar refractivity (Wildman–Crippen MR) is 70.0 cm³/mol. The van der Waals surface area contributed by atoms with Gasteiger partial charge in [0, 0.05) is 6.20 Å². The maximum Gasteiger partial charge on any atom is 0.374 e. The Morgan fingerprint density at radius 2 is 2.19 bits per heavy atom. The summed E-state index contributed by atoms with van der Waals surface area (Å²) in [5.41, 5.74) is -0.109. The van der Waals surface area contributed by atoms with Gasteiger partial charge < -0.3 is 14.5 Å². The summed E-state index contributed by atoms with van der Waals surface area (Å²) < 4.78 is 23.3. The molecule has 1 amide bonds. The van der Waals surface area contributed by atoms with Crippen molar-refractivity contribution in [3.8, 4) is 0 Å². The van der Waals surface area contributed by atoms with E-state index in [4.69, 9.17) is 9.15 Å². The molecule has 0 aliphatic rings. The van der Waals surface area contributed by atoms with E-state index < -0.39 is 17.7 Å². The van der Waals surface area contributed by atoms with E-state index in [1.54, 1.807) is 6.92 Å². The normalized spacial score (nSPS) is 10.2. The number of aromatic nitrogens is 1. The molecule has 0 aliphatic heterocycles. The molecule has 0 aliphatic carbocycles. The maximum absolute atomic E-state index is 13.4. The Morgan fingerprint density at radius 1 is 1.38 bits per heavy atom. The van der Waals surface area contributed by atoms with Crippen LogP contribution in [0.4, 0.5) is 4.39 Å². The molecule has 2 heterocycles. The molecule has 2 rings (SSSR count). The van der Waals surface area contributed by atoms with Crippen LogP contribution in [0, 0.1) is 5.82 Å². The van der Waals surface area contributed by atoms with Gasteiger partial charge in [0.1, 0.15) is 5.76 Å². The van der Waals surface area contributed by atoms with Crippen molar-refractivity contribution in [1.82, 2.24) is 10.3 Å². The Morgan fingerprint density at radius 3 is 2.90 bits per heavy atom. The number of nitrogens with one attached hydrogen (secondary N) is 1. The van der Waals surface area contributed by atoms with Crippen molar-refractivity contribution in [3.63, 3.8) is 0 Å². The highest BCUT2D eigenvalue weighted by atomic mass is 19.1. The fraction of sp³-hybridized carbons (Fsp3) is 0.214. The van der Waals surface area contributed by atoms with Crippen LogP contribution in [0.2, 0.25) is 0 Å². The lowest BCUT2D eigenvalue weighted by Gasteiger charge is -2.04. The van der Waals surface area contributed by atoms with E-state index in [-0.39, 0.29) is 24.5 Å². The van der Waals surface area contributed by atoms with Crippen LogP contribution in [0.3, 0.4) is 0 Å². The SMILES string of the molecule is CCOC(=O)c1ccc(CNC(=O)c2ccncc2F)o1. The summed E-state index contributed by atoms with van der Waals surface area (Å²) in [6.07, 6.45) is 2.28. The zero-order chi connectivity index (χ0) is 15.2. The van der Waals surface area contributed by atoms with Crippen molar-refractivity contribution in [2.75, 3.05) is 6.61 Å². The zero-order valence-electron chi connectivity index (χ0n) is 11.3. The third-order valence-electron chi connectivity index (χ3n) is 2.58. The number of hydrogen-bond acceptors (Lipinski definition) is 5. The van der Waals surface area contributed by atoms with E-state index in [0.717, 1.165) is 6.20 Å². The molecule has 0 radical (unpaired) electrons. The highest BCUT2D eigenvalue weighted by Crippen LogP contribution is 2.10. The van der Waals surface area contributed by atoms with Gasteiger partial charge in [0.15, 0.2) is 5.82 Å². The van der Waals surface area contributed by atoms with Gasteiger partial charge in [0.05, 0.1) is 24.9 Å². The number of hydrogen-bond donors (Lipinski definition) is 1. The van der Waals surface area contributed by atoms with Crippen LogP contribution in [0.5, 0.6) is 0 Å². The fourth-order valence-corrected chi connectivity index (χ4v) is 1.61.